The molecule has 6 nitrogen and oxygen atoms in total. The summed E-state index contributed by atoms with van der Waals surface area (Å²) in [5.74, 6) is 1.19. The van der Waals surface area contributed by atoms with Crippen LogP contribution in [0.15, 0.2) is 47.6 Å². The normalized spacial score (nSPS) is 15.7. The number of nitrogens with one attached hydrogen (secondary N) is 2. The van der Waals surface area contributed by atoms with E-state index < -0.39 is 0 Å². The first-order valence-corrected chi connectivity index (χ1v) is 10.3. The molecule has 0 amide bonds. The molecule has 7 heteroatoms. The summed E-state index contributed by atoms with van der Waals surface area (Å²) in [6.07, 6.45) is 7.25. The first kappa shape index (κ1) is 23.7. The van der Waals surface area contributed by atoms with E-state index in [2.05, 4.69) is 51.6 Å². The Labute approximate surface area is 191 Å². The highest BCUT2D eigenvalue weighted by Crippen LogP contribution is 2.28. The number of hydrogen-bond donors (Lipinski definition) is 2. The molecule has 1 atom stereocenters. The van der Waals surface area contributed by atoms with E-state index in [9.17, 15) is 0 Å². The summed E-state index contributed by atoms with van der Waals surface area (Å²) in [6, 6.07) is 13.0. The molecule has 0 saturated heterocycles. The summed E-state index contributed by atoms with van der Waals surface area (Å²) in [4.78, 5) is 4.31. The number of ether oxygens (including phenoxy) is 1. The SMILES string of the molecule is CN=C(NCc1ccn(C2CCCC2)n1)NCC(C)COCc1ccccc1.I. The fraction of sp³-hybridized carbons (Fsp3) is 0.545. The number of rotatable bonds is 9. The third-order valence-electron chi connectivity index (χ3n) is 5.15. The van der Waals surface area contributed by atoms with E-state index in [1.807, 2.05) is 18.2 Å². The summed E-state index contributed by atoms with van der Waals surface area (Å²) in [5, 5.41) is 11.4. The van der Waals surface area contributed by atoms with E-state index >= 15 is 0 Å². The number of aliphatic imine (C=N–C) groups is 1. The second-order valence-corrected chi connectivity index (χ2v) is 7.64. The summed E-state index contributed by atoms with van der Waals surface area (Å²) >= 11 is 0. The molecule has 0 bridgehead atoms. The molecule has 0 spiro atoms. The molecule has 1 aromatic heterocycles. The molecule has 0 aliphatic heterocycles. The second-order valence-electron chi connectivity index (χ2n) is 7.64. The Morgan fingerprint density at radius 2 is 1.97 bits per heavy atom. The number of halogens is 1. The van der Waals surface area contributed by atoms with Gasteiger partial charge >= 0.3 is 0 Å². The molecular formula is C22H34IN5O. The van der Waals surface area contributed by atoms with Crippen molar-refractivity contribution in [2.24, 2.45) is 10.9 Å². The molecule has 1 heterocycles. The van der Waals surface area contributed by atoms with Crippen molar-refractivity contribution in [1.29, 1.82) is 0 Å². The molecule has 1 aromatic carbocycles. The van der Waals surface area contributed by atoms with Crippen LogP contribution in [-0.4, -0.2) is 35.9 Å². The minimum Gasteiger partial charge on any atom is -0.376 e. The van der Waals surface area contributed by atoms with Gasteiger partial charge in [0.25, 0.3) is 0 Å². The van der Waals surface area contributed by atoms with Crippen LogP contribution < -0.4 is 10.6 Å². The van der Waals surface area contributed by atoms with Crippen molar-refractivity contribution in [1.82, 2.24) is 20.4 Å². The van der Waals surface area contributed by atoms with Gasteiger partial charge in [0.2, 0.25) is 0 Å². The Balaban J connectivity index is 0.00000300. The molecule has 160 valence electrons. The number of aromatic nitrogens is 2. The van der Waals surface area contributed by atoms with E-state index in [1.54, 1.807) is 7.05 Å². The van der Waals surface area contributed by atoms with Crippen LogP contribution in [0.4, 0.5) is 0 Å². The molecule has 29 heavy (non-hydrogen) atoms. The maximum Gasteiger partial charge on any atom is 0.191 e. The molecule has 1 fully saturated rings. The van der Waals surface area contributed by atoms with Crippen molar-refractivity contribution >= 4 is 29.9 Å². The lowest BCUT2D eigenvalue weighted by molar-refractivity contribution is 0.0931. The first-order valence-electron chi connectivity index (χ1n) is 10.3. The van der Waals surface area contributed by atoms with Crippen molar-refractivity contribution in [3.63, 3.8) is 0 Å². The zero-order chi connectivity index (χ0) is 19.6. The van der Waals surface area contributed by atoms with Crippen LogP contribution in [-0.2, 0) is 17.9 Å². The predicted octanol–water partition coefficient (Wildman–Crippen LogP) is 4.13. The van der Waals surface area contributed by atoms with Crippen molar-refractivity contribution in [3.8, 4) is 0 Å². The van der Waals surface area contributed by atoms with Crippen LogP contribution >= 0.6 is 24.0 Å². The quantitative estimate of drug-likeness (QED) is 0.302. The number of guanidine groups is 1. The van der Waals surface area contributed by atoms with Gasteiger partial charge in [-0.05, 0) is 30.4 Å². The number of hydrogen-bond acceptors (Lipinski definition) is 3. The van der Waals surface area contributed by atoms with Crippen LogP contribution in [0.5, 0.6) is 0 Å². The molecule has 1 aliphatic carbocycles. The third kappa shape index (κ3) is 7.97. The van der Waals surface area contributed by atoms with Gasteiger partial charge in [-0.15, -0.1) is 24.0 Å². The Bertz CT molecular complexity index is 728. The van der Waals surface area contributed by atoms with Crippen LogP contribution in [0, 0.1) is 5.92 Å². The molecule has 1 unspecified atom stereocenters. The van der Waals surface area contributed by atoms with Crippen molar-refractivity contribution in [3.05, 3.63) is 53.9 Å². The lowest BCUT2D eigenvalue weighted by Gasteiger charge is -2.16. The predicted molar refractivity (Wildman–Crippen MR) is 129 cm³/mol. The maximum absolute atomic E-state index is 5.82. The van der Waals surface area contributed by atoms with Crippen molar-refractivity contribution < 1.29 is 4.74 Å². The fourth-order valence-electron chi connectivity index (χ4n) is 3.52. The Hall–Kier alpha value is -1.61. The largest absolute Gasteiger partial charge is 0.376 e. The number of benzene rings is 1. The van der Waals surface area contributed by atoms with Crippen molar-refractivity contribution in [2.45, 2.75) is 51.8 Å². The number of nitrogens with zero attached hydrogens (tertiary/aromatic N) is 3. The van der Waals surface area contributed by atoms with Crippen molar-refractivity contribution in [2.75, 3.05) is 20.2 Å². The molecule has 0 radical (unpaired) electrons. The van der Waals surface area contributed by atoms with Gasteiger partial charge in [0.15, 0.2) is 5.96 Å². The molecule has 1 saturated carbocycles. The van der Waals surface area contributed by atoms with E-state index in [1.165, 1.54) is 31.2 Å². The molecule has 3 rings (SSSR count). The molecule has 2 N–H and O–H groups in total. The van der Waals surface area contributed by atoms with Gasteiger partial charge in [-0.25, -0.2) is 0 Å². The van der Waals surface area contributed by atoms with Gasteiger partial charge in [0.05, 0.1) is 31.5 Å². The maximum atomic E-state index is 5.82. The first-order chi connectivity index (χ1) is 13.7. The smallest absolute Gasteiger partial charge is 0.191 e. The summed E-state index contributed by atoms with van der Waals surface area (Å²) in [7, 11) is 1.79. The Morgan fingerprint density at radius 1 is 1.21 bits per heavy atom. The topological polar surface area (TPSA) is 63.5 Å². The van der Waals surface area contributed by atoms with Crippen LogP contribution in [0.25, 0.3) is 0 Å². The van der Waals surface area contributed by atoms with Crippen LogP contribution in [0.2, 0.25) is 0 Å². The molecular weight excluding hydrogens is 477 g/mol. The highest BCUT2D eigenvalue weighted by atomic mass is 127. The zero-order valence-electron chi connectivity index (χ0n) is 17.5. The second kappa shape index (κ2) is 12.8. The van der Waals surface area contributed by atoms with E-state index in [0.717, 1.165) is 18.2 Å². The molecule has 1 aliphatic rings. The highest BCUT2D eigenvalue weighted by molar-refractivity contribution is 14.0. The van der Waals surface area contributed by atoms with E-state index in [4.69, 9.17) is 9.84 Å². The summed E-state index contributed by atoms with van der Waals surface area (Å²) in [5.41, 5.74) is 2.26. The van der Waals surface area contributed by atoms with Gasteiger partial charge in [0.1, 0.15) is 0 Å². The Kier molecular flexibility index (Phi) is 10.5. The van der Waals surface area contributed by atoms with Gasteiger partial charge in [-0.1, -0.05) is 50.1 Å². The molecule has 2 aromatic rings. The van der Waals surface area contributed by atoms with Crippen LogP contribution in [0.1, 0.15) is 49.9 Å². The summed E-state index contributed by atoms with van der Waals surface area (Å²) < 4.78 is 7.95. The zero-order valence-corrected chi connectivity index (χ0v) is 19.8. The summed E-state index contributed by atoms with van der Waals surface area (Å²) in [6.45, 7) is 5.03. The monoisotopic (exact) mass is 511 g/mol. The van der Waals surface area contributed by atoms with E-state index in [0.29, 0.717) is 31.7 Å². The standard InChI is InChI=1S/C22H33N5O.HI/c1-18(16-28-17-19-8-4-3-5-9-19)14-24-22(23-2)25-15-20-12-13-27(26-20)21-10-6-7-11-21;/h3-5,8-9,12-13,18,21H,6-7,10-11,14-17H2,1-2H3,(H2,23,24,25);1H. The minimum atomic E-state index is 0. The third-order valence-corrected chi connectivity index (χ3v) is 5.15. The average Bonchev–Trinajstić information content (AvgIpc) is 3.41. The Morgan fingerprint density at radius 3 is 2.69 bits per heavy atom. The van der Waals surface area contributed by atoms with Gasteiger partial charge in [0, 0.05) is 19.8 Å². The van der Waals surface area contributed by atoms with Gasteiger partial charge < -0.3 is 15.4 Å². The van der Waals surface area contributed by atoms with Gasteiger partial charge in [-0.3, -0.25) is 9.67 Å². The minimum absolute atomic E-state index is 0. The van der Waals surface area contributed by atoms with E-state index in [-0.39, 0.29) is 24.0 Å². The lowest BCUT2D eigenvalue weighted by atomic mass is 10.2. The average molecular weight is 511 g/mol. The van der Waals surface area contributed by atoms with Crippen LogP contribution in [0.3, 0.4) is 0 Å². The fourth-order valence-corrected chi connectivity index (χ4v) is 3.52. The lowest BCUT2D eigenvalue weighted by Crippen LogP contribution is -2.39. The highest BCUT2D eigenvalue weighted by Gasteiger charge is 2.17. The van der Waals surface area contributed by atoms with Gasteiger partial charge in [-0.2, -0.15) is 5.10 Å².